The first-order valence-electron chi connectivity index (χ1n) is 12.2. The smallest absolute Gasteiger partial charge is 0.241 e. The highest BCUT2D eigenvalue weighted by molar-refractivity contribution is 5.88. The highest BCUT2D eigenvalue weighted by Crippen LogP contribution is 2.30. The minimum atomic E-state index is -0.983. The van der Waals surface area contributed by atoms with Gasteiger partial charge in [0.15, 0.2) is 0 Å². The van der Waals surface area contributed by atoms with Crippen molar-refractivity contribution in [2.75, 3.05) is 32.7 Å². The predicted molar refractivity (Wildman–Crippen MR) is 130 cm³/mol. The van der Waals surface area contributed by atoms with Crippen LogP contribution in [0.1, 0.15) is 36.9 Å². The first kappa shape index (κ1) is 25.7. The Bertz CT molecular complexity index is 1060. The Morgan fingerprint density at radius 1 is 1.00 bits per heavy atom. The molecule has 2 heterocycles. The van der Waals surface area contributed by atoms with Gasteiger partial charge >= 0.3 is 0 Å². The Labute approximate surface area is 210 Å². The normalized spacial score (nSPS) is 21.4. The third kappa shape index (κ3) is 5.72. The number of benzene rings is 2. The Balaban J connectivity index is 1.39. The van der Waals surface area contributed by atoms with Gasteiger partial charge in [-0.2, -0.15) is 5.26 Å². The molecule has 2 aliphatic heterocycles. The number of halogens is 2. The summed E-state index contributed by atoms with van der Waals surface area (Å²) in [4.78, 5) is 31.1. The SMILES string of the molecule is CC1C[C@@H](C#N)N(C(=O)[C@@H](N)CC(=O)N2CCN(C(c3ccc(F)cc3)c3ccc(F)cc3)CC2)C1. The molecule has 0 aromatic heterocycles. The fourth-order valence-electron chi connectivity index (χ4n) is 5.16. The molecule has 190 valence electrons. The van der Waals surface area contributed by atoms with E-state index in [1.54, 1.807) is 29.2 Å². The Hall–Kier alpha value is -3.35. The van der Waals surface area contributed by atoms with Crippen LogP contribution in [-0.4, -0.2) is 71.3 Å². The third-order valence-electron chi connectivity index (χ3n) is 7.06. The minimum absolute atomic E-state index is 0.110. The van der Waals surface area contributed by atoms with Crippen LogP contribution < -0.4 is 5.73 Å². The summed E-state index contributed by atoms with van der Waals surface area (Å²) in [6.07, 6.45) is 0.509. The molecule has 2 N–H and O–H groups in total. The molecule has 0 spiro atoms. The lowest BCUT2D eigenvalue weighted by Gasteiger charge is -2.40. The first-order chi connectivity index (χ1) is 17.3. The number of likely N-dealkylation sites (tertiary alicyclic amines) is 1. The van der Waals surface area contributed by atoms with Crippen LogP contribution in [-0.2, 0) is 9.59 Å². The fourth-order valence-corrected chi connectivity index (χ4v) is 5.16. The number of hydrogen-bond donors (Lipinski definition) is 1. The maximum atomic E-state index is 13.5. The van der Waals surface area contributed by atoms with Gasteiger partial charge in [0.2, 0.25) is 11.8 Å². The quantitative estimate of drug-likeness (QED) is 0.665. The molecule has 0 saturated carbocycles. The lowest BCUT2D eigenvalue weighted by Crippen LogP contribution is -2.52. The van der Waals surface area contributed by atoms with E-state index in [-0.39, 0.29) is 41.8 Å². The van der Waals surface area contributed by atoms with Gasteiger partial charge in [-0.15, -0.1) is 0 Å². The lowest BCUT2D eigenvalue weighted by molar-refractivity contribution is -0.139. The number of piperazine rings is 1. The second-order valence-corrected chi connectivity index (χ2v) is 9.71. The van der Waals surface area contributed by atoms with Crippen LogP contribution in [0.3, 0.4) is 0 Å². The van der Waals surface area contributed by atoms with E-state index in [1.807, 2.05) is 6.92 Å². The third-order valence-corrected chi connectivity index (χ3v) is 7.06. The largest absolute Gasteiger partial charge is 0.340 e. The number of nitrogens with two attached hydrogens (primary N) is 1. The first-order valence-corrected chi connectivity index (χ1v) is 12.2. The monoisotopic (exact) mass is 495 g/mol. The molecule has 4 rings (SSSR count). The van der Waals surface area contributed by atoms with Crippen LogP contribution in [0, 0.1) is 28.9 Å². The maximum Gasteiger partial charge on any atom is 0.241 e. The standard InChI is InChI=1S/C27H31F2N5O2/c1-18-14-23(16-30)34(17-18)27(36)24(31)15-25(35)32-10-12-33(13-11-32)26(19-2-6-21(28)7-3-19)20-4-8-22(29)9-5-20/h2-9,18,23-24,26H,10-15,17,31H2,1H3/t18?,23-,24-/m0/s1. The number of nitriles is 1. The molecule has 0 aliphatic carbocycles. The van der Waals surface area contributed by atoms with Gasteiger partial charge in [-0.25, -0.2) is 8.78 Å². The molecule has 2 aromatic rings. The van der Waals surface area contributed by atoms with Gasteiger partial charge in [0.05, 0.1) is 24.6 Å². The highest BCUT2D eigenvalue weighted by Gasteiger charge is 2.37. The summed E-state index contributed by atoms with van der Waals surface area (Å²) in [5.41, 5.74) is 7.85. The molecular formula is C27H31F2N5O2. The van der Waals surface area contributed by atoms with Crippen molar-refractivity contribution in [2.45, 2.75) is 37.9 Å². The maximum absolute atomic E-state index is 13.5. The van der Waals surface area contributed by atoms with E-state index < -0.39 is 12.1 Å². The van der Waals surface area contributed by atoms with Gasteiger partial charge in [0, 0.05) is 32.7 Å². The molecule has 7 nitrogen and oxygen atoms in total. The van der Waals surface area contributed by atoms with Crippen molar-refractivity contribution in [1.82, 2.24) is 14.7 Å². The minimum Gasteiger partial charge on any atom is -0.340 e. The van der Waals surface area contributed by atoms with Crippen LogP contribution in [0.5, 0.6) is 0 Å². The van der Waals surface area contributed by atoms with Gasteiger partial charge < -0.3 is 15.5 Å². The zero-order valence-corrected chi connectivity index (χ0v) is 20.3. The summed E-state index contributed by atoms with van der Waals surface area (Å²) in [7, 11) is 0. The van der Waals surface area contributed by atoms with E-state index in [0.29, 0.717) is 39.1 Å². The van der Waals surface area contributed by atoms with E-state index >= 15 is 0 Å². The molecule has 0 radical (unpaired) electrons. The molecule has 0 bridgehead atoms. The molecule has 2 aromatic carbocycles. The van der Waals surface area contributed by atoms with Gasteiger partial charge in [-0.3, -0.25) is 14.5 Å². The summed E-state index contributed by atoms with van der Waals surface area (Å²) in [5.74, 6) is -0.989. The Morgan fingerprint density at radius 3 is 2.03 bits per heavy atom. The number of carbonyl (C=O) groups excluding carboxylic acids is 2. The fraction of sp³-hybridized carbons (Fsp3) is 0.444. The zero-order valence-electron chi connectivity index (χ0n) is 20.3. The van der Waals surface area contributed by atoms with Crippen LogP contribution in [0.25, 0.3) is 0 Å². The van der Waals surface area contributed by atoms with E-state index in [0.717, 1.165) is 11.1 Å². The number of hydrogen-bond acceptors (Lipinski definition) is 5. The number of nitrogens with zero attached hydrogens (tertiary/aromatic N) is 4. The van der Waals surface area contributed by atoms with Crippen molar-refractivity contribution < 1.29 is 18.4 Å². The van der Waals surface area contributed by atoms with Crippen molar-refractivity contribution >= 4 is 11.8 Å². The second kappa shape index (κ2) is 11.1. The molecule has 2 aliphatic rings. The molecule has 2 amide bonds. The molecule has 2 fully saturated rings. The molecule has 9 heteroatoms. The summed E-state index contributed by atoms with van der Waals surface area (Å²) < 4.78 is 27.1. The second-order valence-electron chi connectivity index (χ2n) is 9.71. The zero-order chi connectivity index (χ0) is 25.8. The van der Waals surface area contributed by atoms with E-state index in [9.17, 15) is 23.6 Å². The van der Waals surface area contributed by atoms with Gasteiger partial charge in [-0.1, -0.05) is 31.2 Å². The topological polar surface area (TPSA) is 93.7 Å². The molecule has 3 atom stereocenters. The van der Waals surface area contributed by atoms with Crippen LogP contribution in [0.15, 0.2) is 48.5 Å². The van der Waals surface area contributed by atoms with Crippen molar-refractivity contribution in [1.29, 1.82) is 5.26 Å². The molecule has 36 heavy (non-hydrogen) atoms. The Morgan fingerprint density at radius 2 is 1.53 bits per heavy atom. The predicted octanol–water partition coefficient (Wildman–Crippen LogP) is 2.68. The van der Waals surface area contributed by atoms with Crippen LogP contribution >= 0.6 is 0 Å². The summed E-state index contributed by atoms with van der Waals surface area (Å²) in [6, 6.07) is 13.0. The summed E-state index contributed by atoms with van der Waals surface area (Å²) in [5, 5.41) is 9.33. The van der Waals surface area contributed by atoms with Crippen molar-refractivity contribution in [3.63, 3.8) is 0 Å². The van der Waals surface area contributed by atoms with Crippen molar-refractivity contribution in [3.8, 4) is 6.07 Å². The number of carbonyl (C=O) groups is 2. The molecule has 1 unspecified atom stereocenters. The Kier molecular flexibility index (Phi) is 7.97. The molecular weight excluding hydrogens is 464 g/mol. The van der Waals surface area contributed by atoms with Gasteiger partial charge in [-0.05, 0) is 47.7 Å². The number of amides is 2. The molecule has 2 saturated heterocycles. The van der Waals surface area contributed by atoms with Crippen molar-refractivity contribution in [2.24, 2.45) is 11.7 Å². The number of rotatable bonds is 6. The van der Waals surface area contributed by atoms with Gasteiger partial charge in [0.1, 0.15) is 17.7 Å². The highest BCUT2D eigenvalue weighted by atomic mass is 19.1. The summed E-state index contributed by atoms with van der Waals surface area (Å²) >= 11 is 0. The van der Waals surface area contributed by atoms with Crippen molar-refractivity contribution in [3.05, 3.63) is 71.3 Å². The van der Waals surface area contributed by atoms with Crippen LogP contribution in [0.2, 0.25) is 0 Å². The average Bonchev–Trinajstić information content (AvgIpc) is 3.27. The van der Waals surface area contributed by atoms with Gasteiger partial charge in [0.25, 0.3) is 0 Å². The van der Waals surface area contributed by atoms with E-state index in [4.69, 9.17) is 5.73 Å². The van der Waals surface area contributed by atoms with Crippen LogP contribution in [0.4, 0.5) is 8.78 Å². The lowest BCUT2D eigenvalue weighted by atomic mass is 9.96. The van der Waals surface area contributed by atoms with E-state index in [1.165, 1.54) is 29.2 Å². The average molecular weight is 496 g/mol. The van der Waals surface area contributed by atoms with E-state index in [2.05, 4.69) is 11.0 Å². The summed E-state index contributed by atoms with van der Waals surface area (Å²) in [6.45, 7) is 4.45.